The predicted octanol–water partition coefficient (Wildman–Crippen LogP) is 4.52. The summed E-state index contributed by atoms with van der Waals surface area (Å²) in [6, 6.07) is 9.87. The molecule has 0 unspecified atom stereocenters. The van der Waals surface area contributed by atoms with E-state index in [9.17, 15) is 9.18 Å². The van der Waals surface area contributed by atoms with Crippen LogP contribution in [0.5, 0.6) is 0 Å². The van der Waals surface area contributed by atoms with Crippen LogP contribution in [0.15, 0.2) is 36.4 Å². The quantitative estimate of drug-likeness (QED) is 0.753. The van der Waals surface area contributed by atoms with Gasteiger partial charge in [0.15, 0.2) is 5.78 Å². The third kappa shape index (κ3) is 3.21. The molecule has 0 aliphatic carbocycles. The monoisotopic (exact) mass is 276 g/mol. The first-order chi connectivity index (χ1) is 8.97. The molecule has 0 radical (unpaired) electrons. The highest BCUT2D eigenvalue weighted by molar-refractivity contribution is 6.31. The number of halogens is 2. The second kappa shape index (κ2) is 5.54. The molecule has 0 saturated heterocycles. The van der Waals surface area contributed by atoms with Crippen LogP contribution < -0.4 is 0 Å². The summed E-state index contributed by atoms with van der Waals surface area (Å²) in [6.07, 6.45) is 0.184. The van der Waals surface area contributed by atoms with Crippen LogP contribution in [0, 0.1) is 19.7 Å². The van der Waals surface area contributed by atoms with E-state index in [0.29, 0.717) is 16.1 Å². The minimum atomic E-state index is -0.395. The molecule has 1 nitrogen and oxygen atoms in total. The second-order valence-electron chi connectivity index (χ2n) is 4.65. The van der Waals surface area contributed by atoms with Crippen molar-refractivity contribution in [1.29, 1.82) is 0 Å². The van der Waals surface area contributed by atoms with E-state index in [4.69, 9.17) is 11.6 Å². The fourth-order valence-electron chi connectivity index (χ4n) is 1.97. The lowest BCUT2D eigenvalue weighted by molar-refractivity contribution is 0.0992. The number of carbonyl (C=O) groups is 1. The fourth-order valence-corrected chi connectivity index (χ4v) is 2.20. The van der Waals surface area contributed by atoms with Crippen LogP contribution in [-0.4, -0.2) is 5.78 Å². The summed E-state index contributed by atoms with van der Waals surface area (Å²) in [6.45, 7) is 3.85. The van der Waals surface area contributed by atoms with Gasteiger partial charge in [-0.2, -0.15) is 0 Å². The summed E-state index contributed by atoms with van der Waals surface area (Å²) in [5, 5.41) is 0.290. The van der Waals surface area contributed by atoms with Crippen LogP contribution >= 0.6 is 11.6 Å². The van der Waals surface area contributed by atoms with Crippen LogP contribution in [0.3, 0.4) is 0 Å². The number of carbonyl (C=O) groups excluding carboxylic acids is 1. The molecule has 2 rings (SSSR count). The Morgan fingerprint density at radius 2 is 1.89 bits per heavy atom. The lowest BCUT2D eigenvalue weighted by Crippen LogP contribution is -2.06. The summed E-state index contributed by atoms with van der Waals surface area (Å²) < 4.78 is 13.0. The van der Waals surface area contributed by atoms with Gasteiger partial charge in [-0.1, -0.05) is 35.4 Å². The number of benzene rings is 2. The van der Waals surface area contributed by atoms with Crippen molar-refractivity contribution in [2.24, 2.45) is 0 Å². The molecule has 0 aromatic heterocycles. The summed E-state index contributed by atoms with van der Waals surface area (Å²) in [5.74, 6) is -0.400. The molecule has 2 aromatic rings. The van der Waals surface area contributed by atoms with Crippen molar-refractivity contribution >= 4 is 17.4 Å². The van der Waals surface area contributed by atoms with E-state index in [1.54, 1.807) is 6.07 Å². The number of ketones is 1. The van der Waals surface area contributed by atoms with Crippen molar-refractivity contribution in [2.75, 3.05) is 0 Å². The number of hydrogen-bond donors (Lipinski definition) is 0. The van der Waals surface area contributed by atoms with Crippen LogP contribution in [0.4, 0.5) is 4.39 Å². The number of Topliss-reactive ketones (excluding diaryl/α,β-unsaturated/α-hetero) is 1. The van der Waals surface area contributed by atoms with Gasteiger partial charge in [-0.15, -0.1) is 0 Å². The molecule has 98 valence electrons. The van der Waals surface area contributed by atoms with Gasteiger partial charge in [-0.25, -0.2) is 4.39 Å². The van der Waals surface area contributed by atoms with Crippen molar-refractivity contribution in [1.82, 2.24) is 0 Å². The maximum atomic E-state index is 13.0. The molecule has 3 heteroatoms. The van der Waals surface area contributed by atoms with Gasteiger partial charge in [0.25, 0.3) is 0 Å². The minimum absolute atomic E-state index is 0.00490. The first kappa shape index (κ1) is 13.8. The van der Waals surface area contributed by atoms with Gasteiger partial charge < -0.3 is 0 Å². The number of rotatable bonds is 3. The highest BCUT2D eigenvalue weighted by Crippen LogP contribution is 2.20. The molecule has 0 saturated carbocycles. The van der Waals surface area contributed by atoms with Crippen LogP contribution in [0.1, 0.15) is 27.0 Å². The summed E-state index contributed by atoms with van der Waals surface area (Å²) in [4.78, 5) is 12.3. The van der Waals surface area contributed by atoms with Crippen molar-refractivity contribution in [3.63, 3.8) is 0 Å². The van der Waals surface area contributed by atoms with Gasteiger partial charge in [0.05, 0.1) is 0 Å². The third-order valence-corrected chi connectivity index (χ3v) is 3.41. The molecule has 0 aliphatic rings. The predicted molar refractivity (Wildman–Crippen MR) is 75.4 cm³/mol. The van der Waals surface area contributed by atoms with E-state index in [2.05, 4.69) is 0 Å². The topological polar surface area (TPSA) is 17.1 Å². The molecule has 0 N–H and O–H groups in total. The lowest BCUT2D eigenvalue weighted by atomic mass is 9.97. The first-order valence-corrected chi connectivity index (χ1v) is 6.39. The highest BCUT2D eigenvalue weighted by Gasteiger charge is 2.12. The van der Waals surface area contributed by atoms with E-state index in [1.165, 1.54) is 12.1 Å². The van der Waals surface area contributed by atoms with E-state index in [-0.39, 0.29) is 12.2 Å². The Hall–Kier alpha value is -1.67. The minimum Gasteiger partial charge on any atom is -0.294 e. The van der Waals surface area contributed by atoms with Crippen LogP contribution in [-0.2, 0) is 6.42 Å². The van der Waals surface area contributed by atoms with Crippen molar-refractivity contribution in [2.45, 2.75) is 20.3 Å². The Morgan fingerprint density at radius 1 is 1.16 bits per heavy atom. The molecule has 0 amide bonds. The Balaban J connectivity index is 2.28. The molecule has 0 atom stereocenters. The van der Waals surface area contributed by atoms with Crippen molar-refractivity contribution < 1.29 is 9.18 Å². The van der Waals surface area contributed by atoms with Gasteiger partial charge >= 0.3 is 0 Å². The van der Waals surface area contributed by atoms with Gasteiger partial charge in [0.1, 0.15) is 5.82 Å². The SMILES string of the molecule is Cc1ccc(C)c(C(=O)Cc2ccc(F)cc2Cl)c1. The van der Waals surface area contributed by atoms with E-state index in [1.807, 2.05) is 32.0 Å². The van der Waals surface area contributed by atoms with E-state index in [0.717, 1.165) is 11.1 Å². The Morgan fingerprint density at radius 3 is 2.58 bits per heavy atom. The average Bonchev–Trinajstić information content (AvgIpc) is 2.35. The maximum absolute atomic E-state index is 13.0. The smallest absolute Gasteiger partial charge is 0.167 e. The second-order valence-corrected chi connectivity index (χ2v) is 5.06. The Bertz CT molecular complexity index is 635. The molecule has 19 heavy (non-hydrogen) atoms. The van der Waals surface area contributed by atoms with Gasteiger partial charge in [0.2, 0.25) is 0 Å². The fraction of sp³-hybridized carbons (Fsp3) is 0.188. The van der Waals surface area contributed by atoms with Gasteiger partial charge in [0, 0.05) is 17.0 Å². The molecular formula is C16H14ClFO. The average molecular weight is 277 g/mol. The summed E-state index contributed by atoms with van der Waals surface area (Å²) in [7, 11) is 0. The highest BCUT2D eigenvalue weighted by atomic mass is 35.5. The molecule has 0 spiro atoms. The van der Waals surface area contributed by atoms with E-state index >= 15 is 0 Å². The molecule has 0 bridgehead atoms. The largest absolute Gasteiger partial charge is 0.294 e. The van der Waals surface area contributed by atoms with Crippen LogP contribution in [0.2, 0.25) is 5.02 Å². The maximum Gasteiger partial charge on any atom is 0.167 e. The summed E-state index contributed by atoms with van der Waals surface area (Å²) in [5.41, 5.74) is 3.32. The van der Waals surface area contributed by atoms with Crippen LogP contribution in [0.25, 0.3) is 0 Å². The normalized spacial score (nSPS) is 10.5. The number of aryl methyl sites for hydroxylation is 2. The van der Waals surface area contributed by atoms with E-state index < -0.39 is 5.82 Å². The van der Waals surface area contributed by atoms with Gasteiger partial charge in [-0.05, 0) is 43.2 Å². The summed E-state index contributed by atoms with van der Waals surface area (Å²) >= 11 is 5.94. The molecule has 0 heterocycles. The first-order valence-electron chi connectivity index (χ1n) is 6.02. The molecule has 0 aliphatic heterocycles. The van der Waals surface area contributed by atoms with Gasteiger partial charge in [-0.3, -0.25) is 4.79 Å². The standard InChI is InChI=1S/C16H14ClFO/c1-10-3-4-11(2)14(7-10)16(19)8-12-5-6-13(18)9-15(12)17/h3-7,9H,8H2,1-2H3. The zero-order valence-corrected chi connectivity index (χ0v) is 11.6. The zero-order valence-electron chi connectivity index (χ0n) is 10.8. The Labute approximate surface area is 117 Å². The lowest BCUT2D eigenvalue weighted by Gasteiger charge is -2.07. The third-order valence-electron chi connectivity index (χ3n) is 3.06. The molecule has 2 aromatic carbocycles. The molecule has 0 fully saturated rings. The van der Waals surface area contributed by atoms with Crippen molar-refractivity contribution in [3.8, 4) is 0 Å². The number of hydrogen-bond acceptors (Lipinski definition) is 1. The zero-order chi connectivity index (χ0) is 14.0. The Kier molecular flexibility index (Phi) is 4.01. The van der Waals surface area contributed by atoms with Crippen molar-refractivity contribution in [3.05, 3.63) is 69.5 Å². The molecular weight excluding hydrogens is 263 g/mol.